The van der Waals surface area contributed by atoms with Crippen molar-refractivity contribution in [1.29, 1.82) is 0 Å². The molecular formula is C18H29N3O3. The molecule has 3 N–H and O–H groups in total. The molecule has 0 aliphatic rings. The highest BCUT2D eigenvalue weighted by Gasteiger charge is 2.20. The summed E-state index contributed by atoms with van der Waals surface area (Å²) in [5, 5.41) is 15.0. The van der Waals surface area contributed by atoms with Gasteiger partial charge in [0.05, 0.1) is 6.42 Å². The summed E-state index contributed by atoms with van der Waals surface area (Å²) in [5.41, 5.74) is 1.87. The molecule has 0 aliphatic carbocycles. The lowest BCUT2D eigenvalue weighted by molar-refractivity contribution is -0.141. The van der Waals surface area contributed by atoms with Crippen LogP contribution in [0.4, 0.5) is 5.69 Å². The molecule has 0 aliphatic heterocycles. The zero-order chi connectivity index (χ0) is 17.9. The molecule has 1 aromatic rings. The third-order valence-electron chi connectivity index (χ3n) is 4.05. The first-order chi connectivity index (χ1) is 11.5. The molecule has 0 saturated heterocycles. The van der Waals surface area contributed by atoms with E-state index in [1.165, 1.54) is 5.56 Å². The van der Waals surface area contributed by atoms with Crippen LogP contribution in [0.1, 0.15) is 32.8 Å². The molecule has 1 amide bonds. The van der Waals surface area contributed by atoms with Crippen LogP contribution < -0.4 is 10.6 Å². The van der Waals surface area contributed by atoms with Gasteiger partial charge in [-0.2, -0.15) is 0 Å². The average Bonchev–Trinajstić information content (AvgIpc) is 2.58. The van der Waals surface area contributed by atoms with E-state index in [9.17, 15) is 14.7 Å². The van der Waals surface area contributed by atoms with Gasteiger partial charge in [0.25, 0.3) is 0 Å². The van der Waals surface area contributed by atoms with Gasteiger partial charge in [-0.3, -0.25) is 9.59 Å². The molecule has 0 heterocycles. The predicted octanol–water partition coefficient (Wildman–Crippen LogP) is 1.96. The Kier molecular flexibility index (Phi) is 9.04. The highest BCUT2D eigenvalue weighted by Crippen LogP contribution is 2.10. The molecule has 1 rings (SSSR count). The second-order valence-electron chi connectivity index (χ2n) is 5.67. The van der Waals surface area contributed by atoms with E-state index in [2.05, 4.69) is 36.3 Å². The number of nitrogens with one attached hydrogen (secondary N) is 2. The summed E-state index contributed by atoms with van der Waals surface area (Å²) in [7, 11) is 0. The Morgan fingerprint density at radius 1 is 1.12 bits per heavy atom. The lowest BCUT2D eigenvalue weighted by Crippen LogP contribution is -2.43. The molecule has 0 unspecified atom stereocenters. The van der Waals surface area contributed by atoms with Crippen molar-refractivity contribution in [2.45, 2.75) is 39.7 Å². The third-order valence-corrected chi connectivity index (χ3v) is 4.05. The lowest BCUT2D eigenvalue weighted by atomic mass is 10.1. The van der Waals surface area contributed by atoms with Gasteiger partial charge in [0.2, 0.25) is 5.91 Å². The largest absolute Gasteiger partial charge is 0.480 e. The molecule has 0 aromatic heterocycles. The number of anilines is 1. The Morgan fingerprint density at radius 3 is 2.25 bits per heavy atom. The van der Waals surface area contributed by atoms with E-state index in [4.69, 9.17) is 0 Å². The van der Waals surface area contributed by atoms with E-state index < -0.39 is 12.0 Å². The van der Waals surface area contributed by atoms with E-state index in [-0.39, 0.29) is 12.3 Å². The Hall–Kier alpha value is -1.92. The molecule has 134 valence electrons. The van der Waals surface area contributed by atoms with Gasteiger partial charge in [-0.15, -0.1) is 0 Å². The fourth-order valence-electron chi connectivity index (χ4n) is 2.40. The van der Waals surface area contributed by atoms with E-state index in [1.807, 2.05) is 24.3 Å². The van der Waals surface area contributed by atoms with Crippen LogP contribution in [-0.2, 0) is 16.0 Å². The number of carboxylic acid groups (broad SMARTS) is 1. The standard InChI is InChI=1S/C18H29N3O3/c1-4-14-7-9-15(10-8-14)20-17(22)13-16(18(23)24)19-11-12-21(5-2)6-3/h7-10,16,19H,4-6,11-13H2,1-3H3,(H,20,22)(H,23,24)/t16-/m0/s1. The minimum atomic E-state index is -1.01. The Balaban J connectivity index is 2.48. The fraction of sp³-hybridized carbons (Fsp3) is 0.556. The maximum Gasteiger partial charge on any atom is 0.321 e. The molecule has 0 spiro atoms. The highest BCUT2D eigenvalue weighted by molar-refractivity contribution is 5.94. The number of benzene rings is 1. The van der Waals surface area contributed by atoms with Gasteiger partial charge < -0.3 is 20.6 Å². The van der Waals surface area contributed by atoms with Gasteiger partial charge in [0.1, 0.15) is 6.04 Å². The summed E-state index contributed by atoms with van der Waals surface area (Å²) in [4.78, 5) is 25.6. The second-order valence-corrected chi connectivity index (χ2v) is 5.67. The normalized spacial score (nSPS) is 12.2. The summed E-state index contributed by atoms with van der Waals surface area (Å²) in [6.45, 7) is 9.34. The number of hydrogen-bond donors (Lipinski definition) is 3. The molecule has 24 heavy (non-hydrogen) atoms. The summed E-state index contributed by atoms with van der Waals surface area (Å²) in [5.74, 6) is -1.31. The second kappa shape index (κ2) is 10.8. The first-order valence-corrected chi connectivity index (χ1v) is 8.57. The first kappa shape index (κ1) is 20.1. The molecule has 0 bridgehead atoms. The number of likely N-dealkylation sites (N-methyl/N-ethyl adjacent to an activating group) is 1. The van der Waals surface area contributed by atoms with Crippen LogP contribution in [0.25, 0.3) is 0 Å². The Labute approximate surface area is 144 Å². The van der Waals surface area contributed by atoms with E-state index in [0.29, 0.717) is 12.2 Å². The molecule has 0 saturated carbocycles. The average molecular weight is 335 g/mol. The molecule has 1 atom stereocenters. The molecule has 0 fully saturated rings. The number of rotatable bonds is 11. The number of nitrogens with zero attached hydrogens (tertiary/aromatic N) is 1. The SMILES string of the molecule is CCc1ccc(NC(=O)C[C@H](NCCN(CC)CC)C(=O)O)cc1. The zero-order valence-electron chi connectivity index (χ0n) is 14.8. The third kappa shape index (κ3) is 7.10. The van der Waals surface area contributed by atoms with Gasteiger partial charge in [-0.05, 0) is 37.2 Å². The smallest absolute Gasteiger partial charge is 0.321 e. The summed E-state index contributed by atoms with van der Waals surface area (Å²) in [6.07, 6.45) is 0.842. The number of aliphatic carboxylic acids is 1. The predicted molar refractivity (Wildman–Crippen MR) is 96.3 cm³/mol. The highest BCUT2D eigenvalue weighted by atomic mass is 16.4. The minimum absolute atomic E-state index is 0.0941. The Bertz CT molecular complexity index is 513. The van der Waals surface area contributed by atoms with Crippen molar-refractivity contribution < 1.29 is 14.7 Å². The van der Waals surface area contributed by atoms with Crippen molar-refractivity contribution in [2.75, 3.05) is 31.5 Å². The van der Waals surface area contributed by atoms with Crippen LogP contribution in [0.3, 0.4) is 0 Å². The molecule has 6 nitrogen and oxygen atoms in total. The van der Waals surface area contributed by atoms with Crippen LogP contribution in [0.2, 0.25) is 0 Å². The van der Waals surface area contributed by atoms with Crippen molar-refractivity contribution in [3.8, 4) is 0 Å². The summed E-state index contributed by atoms with van der Waals surface area (Å²) >= 11 is 0. The quantitative estimate of drug-likeness (QED) is 0.576. The fourth-order valence-corrected chi connectivity index (χ4v) is 2.40. The van der Waals surface area contributed by atoms with E-state index in [0.717, 1.165) is 26.1 Å². The van der Waals surface area contributed by atoms with Crippen molar-refractivity contribution in [1.82, 2.24) is 10.2 Å². The van der Waals surface area contributed by atoms with Gasteiger partial charge in [0, 0.05) is 18.8 Å². The molecule has 0 radical (unpaired) electrons. The van der Waals surface area contributed by atoms with E-state index >= 15 is 0 Å². The monoisotopic (exact) mass is 335 g/mol. The number of carbonyl (C=O) groups excluding carboxylic acids is 1. The number of carboxylic acids is 1. The molecular weight excluding hydrogens is 306 g/mol. The van der Waals surface area contributed by atoms with Crippen LogP contribution >= 0.6 is 0 Å². The topological polar surface area (TPSA) is 81.7 Å². The summed E-state index contributed by atoms with van der Waals surface area (Å²) in [6, 6.07) is 6.69. The Morgan fingerprint density at radius 2 is 1.75 bits per heavy atom. The van der Waals surface area contributed by atoms with Crippen molar-refractivity contribution in [3.05, 3.63) is 29.8 Å². The van der Waals surface area contributed by atoms with Crippen LogP contribution in [0, 0.1) is 0 Å². The van der Waals surface area contributed by atoms with Gasteiger partial charge >= 0.3 is 5.97 Å². The van der Waals surface area contributed by atoms with E-state index in [1.54, 1.807) is 0 Å². The van der Waals surface area contributed by atoms with Gasteiger partial charge in [0.15, 0.2) is 0 Å². The minimum Gasteiger partial charge on any atom is -0.480 e. The number of amides is 1. The van der Waals surface area contributed by atoms with Crippen molar-refractivity contribution >= 4 is 17.6 Å². The number of carbonyl (C=O) groups is 2. The molecule has 6 heteroatoms. The number of hydrogen-bond acceptors (Lipinski definition) is 4. The van der Waals surface area contributed by atoms with Crippen LogP contribution in [0.5, 0.6) is 0 Å². The summed E-state index contributed by atoms with van der Waals surface area (Å²) < 4.78 is 0. The maximum atomic E-state index is 12.1. The van der Waals surface area contributed by atoms with Crippen LogP contribution in [-0.4, -0.2) is 54.1 Å². The first-order valence-electron chi connectivity index (χ1n) is 8.57. The maximum absolute atomic E-state index is 12.1. The van der Waals surface area contributed by atoms with Gasteiger partial charge in [-0.25, -0.2) is 0 Å². The number of aryl methyl sites for hydroxylation is 1. The van der Waals surface area contributed by atoms with Crippen molar-refractivity contribution in [3.63, 3.8) is 0 Å². The van der Waals surface area contributed by atoms with Crippen molar-refractivity contribution in [2.24, 2.45) is 0 Å². The van der Waals surface area contributed by atoms with Crippen LogP contribution in [0.15, 0.2) is 24.3 Å². The lowest BCUT2D eigenvalue weighted by Gasteiger charge is -2.20. The zero-order valence-corrected chi connectivity index (χ0v) is 14.8. The van der Waals surface area contributed by atoms with Gasteiger partial charge in [-0.1, -0.05) is 32.9 Å². The molecule has 1 aromatic carbocycles.